The van der Waals surface area contributed by atoms with Gasteiger partial charge in [-0.05, 0) is 36.2 Å². The number of hydroxylamine groups is 1. The van der Waals surface area contributed by atoms with Crippen molar-refractivity contribution < 1.29 is 14.3 Å². The highest BCUT2D eigenvalue weighted by molar-refractivity contribution is 5.31. The summed E-state index contributed by atoms with van der Waals surface area (Å²) in [6.45, 7) is 2.90. The van der Waals surface area contributed by atoms with Crippen LogP contribution < -0.4 is 15.0 Å². The van der Waals surface area contributed by atoms with Crippen LogP contribution in [-0.4, -0.2) is 11.6 Å². The van der Waals surface area contributed by atoms with E-state index in [1.54, 1.807) is 12.4 Å². The fourth-order valence-electron chi connectivity index (χ4n) is 2.17. The molecule has 0 radical (unpaired) electrons. The Labute approximate surface area is 135 Å². The summed E-state index contributed by atoms with van der Waals surface area (Å²) in [6, 6.07) is 11.6. The van der Waals surface area contributed by atoms with Crippen molar-refractivity contribution in [3.8, 4) is 11.5 Å². The quantitative estimate of drug-likeness (QED) is 0.789. The number of hydrogen-bond acceptors (Lipinski definition) is 5. The van der Waals surface area contributed by atoms with Crippen molar-refractivity contribution in [3.05, 3.63) is 66.3 Å². The van der Waals surface area contributed by atoms with Crippen molar-refractivity contribution in [2.45, 2.75) is 25.9 Å². The van der Waals surface area contributed by atoms with Gasteiger partial charge in [0.2, 0.25) is 5.88 Å². The van der Waals surface area contributed by atoms with E-state index >= 15 is 0 Å². The number of hydrogen-bond donors (Lipinski definition) is 1. The largest absolute Gasteiger partial charge is 0.494 e. The highest BCUT2D eigenvalue weighted by Crippen LogP contribution is 2.26. The van der Waals surface area contributed by atoms with Gasteiger partial charge in [-0.25, -0.2) is 5.48 Å². The SMILES string of the molecule is CCCCOc1ccc([C@H]2C=C(Oc3cccnc3)NO2)cc1. The fraction of sp³-hybridized carbons (Fsp3) is 0.278. The molecule has 3 rings (SSSR count). The lowest BCUT2D eigenvalue weighted by atomic mass is 10.1. The number of nitrogens with zero attached hydrogens (tertiary/aromatic N) is 1. The molecule has 120 valence electrons. The standard InChI is InChI=1S/C18H20N2O3/c1-2-3-11-21-15-8-6-14(7-9-15)17-12-18(20-23-17)22-16-5-4-10-19-13-16/h4-10,12-13,17,20H,2-3,11H2,1H3/t17-/m1/s1. The lowest BCUT2D eigenvalue weighted by molar-refractivity contribution is 0.0273. The molecule has 5 nitrogen and oxygen atoms in total. The maximum Gasteiger partial charge on any atom is 0.216 e. The molecule has 1 atom stereocenters. The van der Waals surface area contributed by atoms with Crippen molar-refractivity contribution in [1.29, 1.82) is 0 Å². The van der Waals surface area contributed by atoms with Gasteiger partial charge < -0.3 is 9.47 Å². The molecule has 1 aromatic carbocycles. The third-order valence-corrected chi connectivity index (χ3v) is 3.43. The van der Waals surface area contributed by atoms with Crippen LogP contribution >= 0.6 is 0 Å². The highest BCUT2D eigenvalue weighted by Gasteiger charge is 2.19. The van der Waals surface area contributed by atoms with Crippen molar-refractivity contribution >= 4 is 0 Å². The number of pyridine rings is 1. The molecular formula is C18H20N2O3. The van der Waals surface area contributed by atoms with Gasteiger partial charge in [0.1, 0.15) is 17.6 Å². The van der Waals surface area contributed by atoms with Gasteiger partial charge in [0.15, 0.2) is 0 Å². The Kier molecular flexibility index (Phi) is 5.11. The predicted molar refractivity (Wildman–Crippen MR) is 86.8 cm³/mol. The average Bonchev–Trinajstić information content (AvgIpc) is 3.05. The second-order valence-electron chi connectivity index (χ2n) is 5.23. The van der Waals surface area contributed by atoms with Crippen LogP contribution in [0.2, 0.25) is 0 Å². The second-order valence-corrected chi connectivity index (χ2v) is 5.23. The maximum absolute atomic E-state index is 5.66. The van der Waals surface area contributed by atoms with E-state index in [9.17, 15) is 0 Å². The molecule has 0 saturated carbocycles. The van der Waals surface area contributed by atoms with E-state index in [2.05, 4.69) is 17.4 Å². The Balaban J connectivity index is 1.59. The smallest absolute Gasteiger partial charge is 0.216 e. The van der Waals surface area contributed by atoms with Gasteiger partial charge in [-0.15, -0.1) is 0 Å². The summed E-state index contributed by atoms with van der Waals surface area (Å²) in [5, 5.41) is 0. The van der Waals surface area contributed by atoms with Gasteiger partial charge in [-0.2, -0.15) is 0 Å². The van der Waals surface area contributed by atoms with Crippen LogP contribution in [0.25, 0.3) is 0 Å². The van der Waals surface area contributed by atoms with Crippen LogP contribution in [0.4, 0.5) is 0 Å². The summed E-state index contributed by atoms with van der Waals surface area (Å²) >= 11 is 0. The van der Waals surface area contributed by atoms with E-state index in [-0.39, 0.29) is 6.10 Å². The molecule has 2 aromatic rings. The number of ether oxygens (including phenoxy) is 2. The molecule has 0 saturated heterocycles. The minimum Gasteiger partial charge on any atom is -0.494 e. The topological polar surface area (TPSA) is 52.6 Å². The first kappa shape index (κ1) is 15.4. The van der Waals surface area contributed by atoms with Crippen molar-refractivity contribution in [3.63, 3.8) is 0 Å². The maximum atomic E-state index is 5.66. The van der Waals surface area contributed by atoms with Crippen molar-refractivity contribution in [2.75, 3.05) is 6.61 Å². The Morgan fingerprint density at radius 1 is 1.17 bits per heavy atom. The van der Waals surface area contributed by atoms with E-state index in [4.69, 9.17) is 14.3 Å². The molecule has 1 N–H and O–H groups in total. The lowest BCUT2D eigenvalue weighted by Gasteiger charge is -2.09. The summed E-state index contributed by atoms with van der Waals surface area (Å²) in [6.07, 6.45) is 7.25. The summed E-state index contributed by atoms with van der Waals surface area (Å²) < 4.78 is 11.3. The molecule has 1 aliphatic rings. The zero-order valence-corrected chi connectivity index (χ0v) is 13.1. The first-order chi connectivity index (χ1) is 11.3. The van der Waals surface area contributed by atoms with E-state index in [0.717, 1.165) is 30.8 Å². The number of aromatic nitrogens is 1. The summed E-state index contributed by atoms with van der Waals surface area (Å²) in [4.78, 5) is 9.54. The predicted octanol–water partition coefficient (Wildman–Crippen LogP) is 3.76. The zero-order valence-electron chi connectivity index (χ0n) is 13.1. The summed E-state index contributed by atoms with van der Waals surface area (Å²) in [5.74, 6) is 2.10. The van der Waals surface area contributed by atoms with E-state index in [1.165, 1.54) is 0 Å². The molecule has 0 amide bonds. The molecule has 0 spiro atoms. The molecule has 1 aliphatic heterocycles. The minimum absolute atomic E-state index is 0.189. The molecule has 0 fully saturated rings. The molecule has 2 heterocycles. The fourth-order valence-corrected chi connectivity index (χ4v) is 2.17. The van der Waals surface area contributed by atoms with Crippen LogP contribution in [0.5, 0.6) is 11.5 Å². The number of unbranched alkanes of at least 4 members (excludes halogenated alkanes) is 1. The third-order valence-electron chi connectivity index (χ3n) is 3.43. The number of rotatable bonds is 7. The molecule has 23 heavy (non-hydrogen) atoms. The van der Waals surface area contributed by atoms with Crippen LogP contribution in [0.3, 0.4) is 0 Å². The van der Waals surface area contributed by atoms with E-state index in [0.29, 0.717) is 11.6 Å². The molecule has 5 heteroatoms. The van der Waals surface area contributed by atoms with Crippen molar-refractivity contribution in [1.82, 2.24) is 10.5 Å². The van der Waals surface area contributed by atoms with Gasteiger partial charge in [0, 0.05) is 12.3 Å². The molecular weight excluding hydrogens is 292 g/mol. The molecule has 0 bridgehead atoms. The average molecular weight is 312 g/mol. The Morgan fingerprint density at radius 3 is 2.78 bits per heavy atom. The molecule has 0 aliphatic carbocycles. The van der Waals surface area contributed by atoms with Gasteiger partial charge in [-0.3, -0.25) is 9.82 Å². The monoisotopic (exact) mass is 312 g/mol. The number of benzene rings is 1. The normalized spacial score (nSPS) is 16.6. The zero-order chi connectivity index (χ0) is 15.9. The van der Waals surface area contributed by atoms with Crippen LogP contribution in [-0.2, 0) is 4.84 Å². The van der Waals surface area contributed by atoms with Gasteiger partial charge in [0.05, 0.1) is 12.8 Å². The first-order valence-electron chi connectivity index (χ1n) is 7.79. The Bertz CT molecular complexity index is 641. The van der Waals surface area contributed by atoms with Crippen LogP contribution in [0.1, 0.15) is 31.4 Å². The summed E-state index contributed by atoms with van der Waals surface area (Å²) in [7, 11) is 0. The lowest BCUT2D eigenvalue weighted by Crippen LogP contribution is -2.12. The Hall–Kier alpha value is -2.53. The van der Waals surface area contributed by atoms with Gasteiger partial charge >= 0.3 is 0 Å². The van der Waals surface area contributed by atoms with Crippen molar-refractivity contribution in [2.24, 2.45) is 0 Å². The van der Waals surface area contributed by atoms with E-state index in [1.807, 2.05) is 42.5 Å². The molecule has 1 aromatic heterocycles. The Morgan fingerprint density at radius 2 is 2.04 bits per heavy atom. The minimum atomic E-state index is -0.189. The summed E-state index contributed by atoms with van der Waals surface area (Å²) in [5.41, 5.74) is 3.82. The van der Waals surface area contributed by atoms with Crippen LogP contribution in [0, 0.1) is 0 Å². The van der Waals surface area contributed by atoms with Gasteiger partial charge in [-0.1, -0.05) is 25.5 Å². The first-order valence-corrected chi connectivity index (χ1v) is 7.79. The van der Waals surface area contributed by atoms with E-state index < -0.39 is 0 Å². The van der Waals surface area contributed by atoms with Gasteiger partial charge in [0.25, 0.3) is 0 Å². The second kappa shape index (κ2) is 7.65. The van der Waals surface area contributed by atoms with Crippen LogP contribution in [0.15, 0.2) is 60.8 Å². The molecule has 0 unspecified atom stereocenters. The third kappa shape index (κ3) is 4.23. The highest BCUT2D eigenvalue weighted by atomic mass is 16.7. The number of nitrogens with one attached hydrogen (secondary N) is 1.